The molecule has 0 fully saturated rings. The molecule has 3 nitrogen and oxygen atoms in total. The van der Waals surface area contributed by atoms with Gasteiger partial charge in [-0.1, -0.05) is 20.3 Å². The van der Waals surface area contributed by atoms with Gasteiger partial charge in [0.1, 0.15) is 5.54 Å². The highest BCUT2D eigenvalue weighted by Gasteiger charge is 2.23. The molecular formula is C18H37N3. The molecule has 1 N–H and O–H groups in total. The lowest BCUT2D eigenvalue weighted by molar-refractivity contribution is 0.194. The number of hydrogen-bond donors (Lipinski definition) is 1. The molecular weight excluding hydrogens is 258 g/mol. The predicted molar refractivity (Wildman–Crippen MR) is 92.4 cm³/mol. The second kappa shape index (κ2) is 11.0. The Morgan fingerprint density at radius 3 is 2.19 bits per heavy atom. The molecule has 0 saturated carbocycles. The summed E-state index contributed by atoms with van der Waals surface area (Å²) in [6.45, 7) is 15.5. The molecule has 0 spiro atoms. The second-order valence-electron chi connectivity index (χ2n) is 6.85. The summed E-state index contributed by atoms with van der Waals surface area (Å²) in [6.07, 6.45) is 7.00. The number of hydrogen-bond acceptors (Lipinski definition) is 3. The highest BCUT2D eigenvalue weighted by atomic mass is 15.1. The van der Waals surface area contributed by atoms with Crippen LogP contribution >= 0.6 is 0 Å². The summed E-state index contributed by atoms with van der Waals surface area (Å²) >= 11 is 0. The minimum atomic E-state index is -0.376. The van der Waals surface area contributed by atoms with Gasteiger partial charge in [0.25, 0.3) is 0 Å². The Kier molecular flexibility index (Phi) is 10.7. The fourth-order valence-corrected chi connectivity index (χ4v) is 2.76. The van der Waals surface area contributed by atoms with E-state index in [9.17, 15) is 5.26 Å². The topological polar surface area (TPSA) is 39.1 Å². The highest BCUT2D eigenvalue weighted by Crippen LogP contribution is 2.15. The van der Waals surface area contributed by atoms with E-state index in [1.807, 2.05) is 6.92 Å². The van der Waals surface area contributed by atoms with E-state index >= 15 is 0 Å². The van der Waals surface area contributed by atoms with E-state index in [-0.39, 0.29) is 5.54 Å². The molecule has 0 rings (SSSR count). The van der Waals surface area contributed by atoms with Crippen molar-refractivity contribution in [3.63, 3.8) is 0 Å². The summed E-state index contributed by atoms with van der Waals surface area (Å²) in [5.74, 6) is 0. The molecule has 0 heterocycles. The van der Waals surface area contributed by atoms with Crippen molar-refractivity contribution in [2.24, 2.45) is 0 Å². The maximum absolute atomic E-state index is 9.36. The monoisotopic (exact) mass is 295 g/mol. The fourth-order valence-electron chi connectivity index (χ4n) is 2.76. The average Bonchev–Trinajstić information content (AvgIpc) is 2.45. The molecule has 0 amide bonds. The number of unbranched alkanes of at least 4 members (excludes halogenated alkanes) is 2. The molecule has 0 aromatic rings. The van der Waals surface area contributed by atoms with Crippen molar-refractivity contribution in [3.05, 3.63) is 0 Å². The number of rotatable bonds is 12. The molecule has 0 aromatic carbocycles. The van der Waals surface area contributed by atoms with Gasteiger partial charge < -0.3 is 4.90 Å². The molecule has 0 radical (unpaired) electrons. The van der Waals surface area contributed by atoms with Crippen molar-refractivity contribution in [2.75, 3.05) is 13.1 Å². The van der Waals surface area contributed by atoms with Gasteiger partial charge in [0, 0.05) is 12.1 Å². The Morgan fingerprint density at radius 1 is 1.10 bits per heavy atom. The molecule has 2 unspecified atom stereocenters. The van der Waals surface area contributed by atoms with E-state index in [1.54, 1.807) is 0 Å². The summed E-state index contributed by atoms with van der Waals surface area (Å²) in [6, 6.07) is 3.47. The zero-order valence-electron chi connectivity index (χ0n) is 15.2. The van der Waals surface area contributed by atoms with Gasteiger partial charge in [-0.2, -0.15) is 5.26 Å². The van der Waals surface area contributed by atoms with Crippen molar-refractivity contribution in [1.29, 1.82) is 5.26 Å². The first-order valence-electron chi connectivity index (χ1n) is 8.81. The Labute approximate surface area is 133 Å². The van der Waals surface area contributed by atoms with Gasteiger partial charge in [-0.05, 0) is 72.9 Å². The minimum Gasteiger partial charge on any atom is -0.301 e. The van der Waals surface area contributed by atoms with Crippen molar-refractivity contribution in [2.45, 2.75) is 97.7 Å². The van der Waals surface area contributed by atoms with Crippen LogP contribution in [0.5, 0.6) is 0 Å². The van der Waals surface area contributed by atoms with Crippen LogP contribution in [-0.4, -0.2) is 35.6 Å². The molecule has 2 atom stereocenters. The summed E-state index contributed by atoms with van der Waals surface area (Å²) in [5, 5.41) is 12.7. The molecule has 0 aliphatic heterocycles. The molecule has 3 heteroatoms. The van der Waals surface area contributed by atoms with Crippen LogP contribution in [0, 0.1) is 11.3 Å². The predicted octanol–water partition coefficient (Wildman–Crippen LogP) is 4.34. The molecule has 0 saturated heterocycles. The van der Waals surface area contributed by atoms with Crippen LogP contribution in [0.2, 0.25) is 0 Å². The summed E-state index contributed by atoms with van der Waals surface area (Å²) in [4.78, 5) is 2.61. The Bertz CT molecular complexity index is 295. The van der Waals surface area contributed by atoms with Gasteiger partial charge in [0.15, 0.2) is 0 Å². The zero-order valence-corrected chi connectivity index (χ0v) is 15.2. The average molecular weight is 296 g/mol. The van der Waals surface area contributed by atoms with Crippen LogP contribution in [0.1, 0.15) is 80.1 Å². The number of nitrogens with zero attached hydrogens (tertiary/aromatic N) is 2. The third kappa shape index (κ3) is 9.11. The molecule has 0 aliphatic rings. The van der Waals surface area contributed by atoms with Crippen molar-refractivity contribution < 1.29 is 0 Å². The van der Waals surface area contributed by atoms with Crippen LogP contribution in [0.3, 0.4) is 0 Å². The van der Waals surface area contributed by atoms with Crippen LogP contribution in [0.25, 0.3) is 0 Å². The second-order valence-corrected chi connectivity index (χ2v) is 6.85. The van der Waals surface area contributed by atoms with Crippen LogP contribution in [0.4, 0.5) is 0 Å². The fraction of sp³-hybridized carbons (Fsp3) is 0.944. The standard InChI is InChI=1S/C18H37N3/c1-7-9-13-21(17(5)8-2)14-11-10-12-18(6,15-19)20-16(3)4/h16-17,20H,7-14H2,1-6H3. The smallest absolute Gasteiger partial charge is 0.104 e. The van der Waals surface area contributed by atoms with E-state index in [0.29, 0.717) is 12.1 Å². The lowest BCUT2D eigenvalue weighted by atomic mass is 9.95. The molecule has 0 bridgehead atoms. The van der Waals surface area contributed by atoms with E-state index in [4.69, 9.17) is 0 Å². The van der Waals surface area contributed by atoms with Gasteiger partial charge in [0.2, 0.25) is 0 Å². The number of nitrogens with one attached hydrogen (secondary N) is 1. The van der Waals surface area contributed by atoms with Crippen molar-refractivity contribution >= 4 is 0 Å². The molecule has 0 aromatic heterocycles. The zero-order chi connectivity index (χ0) is 16.3. The third-order valence-corrected chi connectivity index (χ3v) is 4.24. The van der Waals surface area contributed by atoms with Crippen molar-refractivity contribution in [1.82, 2.24) is 10.2 Å². The molecule has 124 valence electrons. The highest BCUT2D eigenvalue weighted by molar-refractivity contribution is 5.04. The molecule has 21 heavy (non-hydrogen) atoms. The van der Waals surface area contributed by atoms with Crippen molar-refractivity contribution in [3.8, 4) is 6.07 Å². The van der Waals surface area contributed by atoms with E-state index in [0.717, 1.165) is 19.4 Å². The van der Waals surface area contributed by atoms with Gasteiger partial charge in [-0.3, -0.25) is 5.32 Å². The van der Waals surface area contributed by atoms with Gasteiger partial charge >= 0.3 is 0 Å². The Hall–Kier alpha value is -0.590. The summed E-state index contributed by atoms with van der Waals surface area (Å²) < 4.78 is 0. The van der Waals surface area contributed by atoms with E-state index < -0.39 is 0 Å². The van der Waals surface area contributed by atoms with Gasteiger partial charge in [-0.25, -0.2) is 0 Å². The SMILES string of the molecule is CCCCN(CCCCC(C)(C#N)NC(C)C)C(C)CC. The first kappa shape index (κ1) is 20.4. The third-order valence-electron chi connectivity index (χ3n) is 4.24. The largest absolute Gasteiger partial charge is 0.301 e. The van der Waals surface area contributed by atoms with Gasteiger partial charge in [0.05, 0.1) is 6.07 Å². The lowest BCUT2D eigenvalue weighted by Gasteiger charge is -2.29. The summed E-state index contributed by atoms with van der Waals surface area (Å²) in [5.41, 5.74) is -0.376. The summed E-state index contributed by atoms with van der Waals surface area (Å²) in [7, 11) is 0. The lowest BCUT2D eigenvalue weighted by Crippen LogP contribution is -2.45. The first-order valence-corrected chi connectivity index (χ1v) is 8.81. The maximum atomic E-state index is 9.36. The quantitative estimate of drug-likeness (QED) is 0.544. The number of nitriles is 1. The first-order chi connectivity index (χ1) is 9.88. The Balaban J connectivity index is 4.16. The van der Waals surface area contributed by atoms with Crippen LogP contribution in [0.15, 0.2) is 0 Å². The van der Waals surface area contributed by atoms with E-state index in [1.165, 1.54) is 32.2 Å². The van der Waals surface area contributed by atoms with Crippen LogP contribution < -0.4 is 5.32 Å². The minimum absolute atomic E-state index is 0.357. The van der Waals surface area contributed by atoms with Crippen LogP contribution in [-0.2, 0) is 0 Å². The van der Waals surface area contributed by atoms with Gasteiger partial charge in [-0.15, -0.1) is 0 Å². The Morgan fingerprint density at radius 2 is 1.71 bits per heavy atom. The molecule has 0 aliphatic carbocycles. The van der Waals surface area contributed by atoms with E-state index in [2.05, 4.69) is 50.9 Å². The maximum Gasteiger partial charge on any atom is 0.104 e. The normalized spacial score (nSPS) is 16.0.